The second-order valence-corrected chi connectivity index (χ2v) is 5.57. The van der Waals surface area contributed by atoms with Gasteiger partial charge in [0.25, 0.3) is 0 Å². The third-order valence-corrected chi connectivity index (χ3v) is 4.09. The highest BCUT2D eigenvalue weighted by Crippen LogP contribution is 2.43. The Kier molecular flexibility index (Phi) is 4.09. The topological polar surface area (TPSA) is 145 Å². The molecule has 0 aromatic carbocycles. The molecule has 0 amide bonds. The van der Waals surface area contributed by atoms with E-state index in [0.29, 0.717) is 0 Å². The van der Waals surface area contributed by atoms with Crippen molar-refractivity contribution in [3.63, 3.8) is 0 Å². The van der Waals surface area contributed by atoms with E-state index in [1.54, 1.807) is 0 Å². The number of nitrogens with one attached hydrogen (secondary N) is 1. The molecule has 24 heavy (non-hydrogen) atoms. The smallest absolute Gasteiger partial charge is 0.181 e. The zero-order chi connectivity index (χ0) is 17.5. The van der Waals surface area contributed by atoms with Gasteiger partial charge < -0.3 is 24.7 Å². The van der Waals surface area contributed by atoms with E-state index in [-0.39, 0.29) is 22.4 Å². The minimum absolute atomic E-state index is 0.0199. The van der Waals surface area contributed by atoms with Gasteiger partial charge in [-0.15, -0.1) is 0 Å². The monoisotopic (exact) mass is 341 g/mol. The zero-order valence-electron chi connectivity index (χ0n) is 12.5. The number of fused-ring (bicyclic) bond motifs is 1. The Labute approximate surface area is 134 Å². The first-order valence-electron chi connectivity index (χ1n) is 7.02. The molecule has 0 saturated carbocycles. The van der Waals surface area contributed by atoms with E-state index in [1.165, 1.54) is 10.8 Å². The van der Waals surface area contributed by atoms with Crippen molar-refractivity contribution in [3.05, 3.63) is 18.1 Å². The Morgan fingerprint density at radius 2 is 2.29 bits per heavy atom. The van der Waals surface area contributed by atoms with E-state index in [0.717, 1.165) is 19.5 Å². The Morgan fingerprint density at radius 1 is 1.54 bits per heavy atom. The summed E-state index contributed by atoms with van der Waals surface area (Å²) in [7, 11) is 0. The van der Waals surface area contributed by atoms with Gasteiger partial charge in [0.15, 0.2) is 17.7 Å². The van der Waals surface area contributed by atoms with Gasteiger partial charge in [0.1, 0.15) is 24.2 Å². The molecule has 1 fully saturated rings. The number of alkyl halides is 1. The maximum Gasteiger partial charge on any atom is 0.181 e. The van der Waals surface area contributed by atoms with E-state index < -0.39 is 30.7 Å². The van der Waals surface area contributed by atoms with E-state index in [1.807, 2.05) is 5.48 Å². The summed E-state index contributed by atoms with van der Waals surface area (Å²) in [5.74, 6) is 0.0199. The molecule has 1 aliphatic rings. The summed E-state index contributed by atoms with van der Waals surface area (Å²) in [6.07, 6.45) is -0.356. The Bertz CT molecular complexity index is 779. The van der Waals surface area contributed by atoms with Gasteiger partial charge in [-0.2, -0.15) is 0 Å². The number of halogens is 1. The highest BCUT2D eigenvalue weighted by atomic mass is 19.1. The number of hydrogen-bond donors (Lipinski definition) is 5. The molecular weight excluding hydrogens is 325 g/mol. The number of aromatic nitrogens is 3. The highest BCUT2D eigenvalue weighted by Gasteiger charge is 2.55. The van der Waals surface area contributed by atoms with Crippen molar-refractivity contribution in [1.29, 1.82) is 0 Å². The first-order valence-corrected chi connectivity index (χ1v) is 7.02. The predicted molar refractivity (Wildman–Crippen MR) is 78.8 cm³/mol. The SMILES string of the molecule is C[C@@]1(F)C(O)C(CO)O[C@H]1n1cc(C=NO)c2c(NO)ncnc21. The van der Waals surface area contributed by atoms with Crippen molar-refractivity contribution in [2.45, 2.75) is 31.0 Å². The van der Waals surface area contributed by atoms with Crippen LogP contribution in [0.5, 0.6) is 0 Å². The standard InChI is InChI=1S/C13H16FN5O5/c1-13(14)9(21)7(4-20)24-12(13)19-3-6(2-17-22)8-10(18-23)15-5-16-11(8)19/h2-3,5,7,9,12,20-23H,4H2,1H3,(H,15,16,18)/t7?,9?,12-,13-/m1/s1. The molecule has 2 unspecified atom stereocenters. The number of oxime groups is 1. The summed E-state index contributed by atoms with van der Waals surface area (Å²) < 4.78 is 21.7. The average molecular weight is 341 g/mol. The summed E-state index contributed by atoms with van der Waals surface area (Å²) in [6.45, 7) is 0.593. The van der Waals surface area contributed by atoms with Gasteiger partial charge >= 0.3 is 0 Å². The van der Waals surface area contributed by atoms with Crippen LogP contribution in [0.4, 0.5) is 10.2 Å². The van der Waals surface area contributed by atoms with Crippen LogP contribution in [-0.4, -0.2) is 65.9 Å². The fourth-order valence-corrected chi connectivity index (χ4v) is 2.90. The van der Waals surface area contributed by atoms with Gasteiger partial charge in [0.05, 0.1) is 18.2 Å². The van der Waals surface area contributed by atoms with Gasteiger partial charge in [-0.1, -0.05) is 5.16 Å². The summed E-state index contributed by atoms with van der Waals surface area (Å²) in [4.78, 5) is 7.88. The summed E-state index contributed by atoms with van der Waals surface area (Å²) in [6, 6.07) is 0. The van der Waals surface area contributed by atoms with Crippen molar-refractivity contribution >= 4 is 23.1 Å². The van der Waals surface area contributed by atoms with Crippen LogP contribution in [0.1, 0.15) is 18.7 Å². The number of anilines is 1. The van der Waals surface area contributed by atoms with E-state index in [4.69, 9.17) is 9.94 Å². The highest BCUT2D eigenvalue weighted by molar-refractivity contribution is 6.03. The molecule has 4 atom stereocenters. The van der Waals surface area contributed by atoms with Crippen molar-refractivity contribution < 1.29 is 29.8 Å². The van der Waals surface area contributed by atoms with Gasteiger partial charge in [0.2, 0.25) is 0 Å². The van der Waals surface area contributed by atoms with Crippen molar-refractivity contribution in [2.24, 2.45) is 5.16 Å². The lowest BCUT2D eigenvalue weighted by Gasteiger charge is -2.25. The van der Waals surface area contributed by atoms with Crippen LogP contribution in [0.2, 0.25) is 0 Å². The van der Waals surface area contributed by atoms with Crippen molar-refractivity contribution in [2.75, 3.05) is 12.1 Å². The molecule has 0 spiro atoms. The predicted octanol–water partition coefficient (Wildman–Crippen LogP) is 0.0193. The molecule has 3 heterocycles. The van der Waals surface area contributed by atoms with Crippen LogP contribution in [0.3, 0.4) is 0 Å². The van der Waals surface area contributed by atoms with E-state index in [9.17, 15) is 19.8 Å². The summed E-state index contributed by atoms with van der Waals surface area (Å²) >= 11 is 0. The molecule has 0 bridgehead atoms. The number of rotatable bonds is 4. The normalized spacial score (nSPS) is 30.5. The lowest BCUT2D eigenvalue weighted by molar-refractivity contribution is -0.0564. The fourth-order valence-electron chi connectivity index (χ4n) is 2.90. The molecule has 1 aliphatic heterocycles. The van der Waals surface area contributed by atoms with Crippen LogP contribution in [-0.2, 0) is 4.74 Å². The first-order chi connectivity index (χ1) is 11.5. The fraction of sp³-hybridized carbons (Fsp3) is 0.462. The average Bonchev–Trinajstić information content (AvgIpc) is 3.04. The number of ether oxygens (including phenoxy) is 1. The van der Waals surface area contributed by atoms with Crippen LogP contribution < -0.4 is 5.48 Å². The number of nitrogens with zero attached hydrogens (tertiary/aromatic N) is 4. The summed E-state index contributed by atoms with van der Waals surface area (Å²) in [5.41, 5.74) is 0.133. The number of aliphatic hydroxyl groups excluding tert-OH is 2. The van der Waals surface area contributed by atoms with Gasteiger partial charge in [-0.25, -0.2) is 14.4 Å². The van der Waals surface area contributed by atoms with E-state index in [2.05, 4.69) is 15.1 Å². The third kappa shape index (κ3) is 2.29. The van der Waals surface area contributed by atoms with Gasteiger partial charge in [0, 0.05) is 11.8 Å². The first kappa shape index (κ1) is 16.5. The molecule has 2 aromatic rings. The lowest BCUT2D eigenvalue weighted by Crippen LogP contribution is -2.40. The van der Waals surface area contributed by atoms with Crippen LogP contribution in [0, 0.1) is 0 Å². The maximum atomic E-state index is 15.0. The minimum Gasteiger partial charge on any atom is -0.411 e. The Balaban J connectivity index is 2.20. The molecule has 10 nitrogen and oxygen atoms in total. The number of hydrogen-bond acceptors (Lipinski definition) is 9. The van der Waals surface area contributed by atoms with Crippen molar-refractivity contribution in [1.82, 2.24) is 14.5 Å². The molecule has 11 heteroatoms. The third-order valence-electron chi connectivity index (χ3n) is 4.09. The maximum absolute atomic E-state index is 15.0. The second-order valence-electron chi connectivity index (χ2n) is 5.57. The van der Waals surface area contributed by atoms with Crippen molar-refractivity contribution in [3.8, 4) is 0 Å². The molecule has 0 radical (unpaired) electrons. The quantitative estimate of drug-likeness (QED) is 0.297. The Morgan fingerprint density at radius 3 is 2.88 bits per heavy atom. The molecule has 0 aliphatic carbocycles. The molecule has 3 rings (SSSR count). The molecule has 130 valence electrons. The van der Waals surface area contributed by atoms with E-state index >= 15 is 0 Å². The second kappa shape index (κ2) is 5.94. The van der Waals surface area contributed by atoms with Crippen LogP contribution in [0.15, 0.2) is 17.7 Å². The molecular formula is C13H16FN5O5. The van der Waals surface area contributed by atoms with Gasteiger partial charge in [-0.05, 0) is 6.92 Å². The Hall–Kier alpha value is -2.34. The van der Waals surface area contributed by atoms with Crippen LogP contribution in [0.25, 0.3) is 11.0 Å². The minimum atomic E-state index is -2.22. The molecule has 2 aromatic heterocycles. The molecule has 5 N–H and O–H groups in total. The van der Waals surface area contributed by atoms with Gasteiger partial charge in [-0.3, -0.25) is 10.7 Å². The summed E-state index contributed by atoms with van der Waals surface area (Å²) in [5, 5.41) is 40.4. The number of aliphatic hydroxyl groups is 2. The van der Waals surface area contributed by atoms with Crippen LogP contribution >= 0.6 is 0 Å². The lowest BCUT2D eigenvalue weighted by atomic mass is 9.98. The zero-order valence-corrected chi connectivity index (χ0v) is 12.5. The molecule has 1 saturated heterocycles. The largest absolute Gasteiger partial charge is 0.411 e.